The Morgan fingerprint density at radius 2 is 2.11 bits per heavy atom. The number of nitrogens with zero attached hydrogens (tertiary/aromatic N) is 2. The maximum absolute atomic E-state index is 12.4. The molecule has 0 aliphatic heterocycles. The molecule has 0 saturated carbocycles. The van der Waals surface area contributed by atoms with Gasteiger partial charge in [-0.3, -0.25) is 9.71 Å². The molecule has 2 N–H and O–H groups in total. The lowest BCUT2D eigenvalue weighted by atomic mass is 10.2. The molecule has 2 rings (SSSR count). The fourth-order valence-electron chi connectivity index (χ4n) is 2.51. The van der Waals surface area contributed by atoms with Crippen molar-refractivity contribution in [2.45, 2.75) is 50.7 Å². The van der Waals surface area contributed by atoms with E-state index in [-0.39, 0.29) is 18.7 Å². The molecule has 0 unspecified atom stereocenters. The summed E-state index contributed by atoms with van der Waals surface area (Å²) in [6, 6.07) is 8.24. The molecule has 6 nitrogen and oxygen atoms in total. The fraction of sp³-hybridized carbons (Fsp3) is 0.500. The third kappa shape index (κ3) is 7.36. The van der Waals surface area contributed by atoms with Crippen molar-refractivity contribution in [3.8, 4) is 0 Å². The van der Waals surface area contributed by atoms with Crippen molar-refractivity contribution in [3.05, 3.63) is 36.7 Å². The highest BCUT2D eigenvalue weighted by Crippen LogP contribution is 2.21. The van der Waals surface area contributed by atoms with Crippen LogP contribution in [0.4, 0.5) is 4.79 Å². The minimum atomic E-state index is -0.542. The van der Waals surface area contributed by atoms with Crippen molar-refractivity contribution < 1.29 is 14.6 Å². The number of pyridine rings is 1. The van der Waals surface area contributed by atoms with Gasteiger partial charge in [0.15, 0.2) is 0 Å². The molecule has 0 bridgehead atoms. The van der Waals surface area contributed by atoms with Crippen LogP contribution in [0.15, 0.2) is 41.6 Å². The van der Waals surface area contributed by atoms with Gasteiger partial charge in [-0.15, -0.1) is 0 Å². The van der Waals surface area contributed by atoms with Gasteiger partial charge in [-0.2, -0.15) is 0 Å². The van der Waals surface area contributed by atoms with E-state index in [9.17, 15) is 4.79 Å². The maximum Gasteiger partial charge on any atom is 0.410 e. The summed E-state index contributed by atoms with van der Waals surface area (Å²) in [4.78, 5) is 19.3. The number of hydrogen-bond acceptors (Lipinski definition) is 6. The van der Waals surface area contributed by atoms with Crippen LogP contribution in [0, 0.1) is 0 Å². The van der Waals surface area contributed by atoms with Crippen LogP contribution in [0.5, 0.6) is 0 Å². The number of nitrogens with one attached hydrogen (secondary N) is 1. The van der Waals surface area contributed by atoms with Gasteiger partial charge >= 0.3 is 6.09 Å². The summed E-state index contributed by atoms with van der Waals surface area (Å²) in [5.74, 6) is 0. The summed E-state index contributed by atoms with van der Waals surface area (Å²) in [6.45, 7) is 8.58. The first-order chi connectivity index (χ1) is 12.8. The van der Waals surface area contributed by atoms with Gasteiger partial charge in [0.2, 0.25) is 0 Å². The van der Waals surface area contributed by atoms with Crippen LogP contribution in [0.3, 0.4) is 0 Å². The van der Waals surface area contributed by atoms with Crippen LogP contribution in [-0.2, 0) is 4.74 Å². The van der Waals surface area contributed by atoms with Gasteiger partial charge in [0.05, 0.1) is 0 Å². The summed E-state index contributed by atoms with van der Waals surface area (Å²) in [6.07, 6.45) is 3.80. The highest BCUT2D eigenvalue weighted by molar-refractivity contribution is 7.97. The number of aliphatic hydroxyl groups is 1. The second-order valence-electron chi connectivity index (χ2n) is 7.51. The van der Waals surface area contributed by atoms with Crippen molar-refractivity contribution in [1.29, 1.82) is 0 Å². The summed E-state index contributed by atoms with van der Waals surface area (Å²) in [5.41, 5.74) is -0.542. The van der Waals surface area contributed by atoms with Gasteiger partial charge in [0.25, 0.3) is 0 Å². The SMILES string of the molecule is C[C@@H](CN(CCCO)C(=O)OC(C)(C)C)NSc1ccc2cnccc2c1. The second kappa shape index (κ2) is 9.92. The molecule has 1 heterocycles. The predicted molar refractivity (Wildman–Crippen MR) is 110 cm³/mol. The maximum atomic E-state index is 12.4. The number of hydrogen-bond donors (Lipinski definition) is 2. The second-order valence-corrected chi connectivity index (χ2v) is 8.42. The zero-order chi connectivity index (χ0) is 19.9. The quantitative estimate of drug-likeness (QED) is 0.666. The molecule has 1 atom stereocenters. The van der Waals surface area contributed by atoms with Gasteiger partial charge in [0, 0.05) is 48.4 Å². The van der Waals surface area contributed by atoms with Crippen molar-refractivity contribution in [3.63, 3.8) is 0 Å². The molecule has 148 valence electrons. The molecular formula is C20H29N3O3S. The third-order valence-corrected chi connectivity index (χ3v) is 4.73. The molecule has 0 aliphatic rings. The van der Waals surface area contributed by atoms with Crippen LogP contribution in [0.2, 0.25) is 0 Å². The van der Waals surface area contributed by atoms with Gasteiger partial charge < -0.3 is 14.7 Å². The first-order valence-electron chi connectivity index (χ1n) is 9.13. The summed E-state index contributed by atoms with van der Waals surface area (Å²) < 4.78 is 8.85. The van der Waals surface area contributed by atoms with Crippen LogP contribution in [0.25, 0.3) is 10.8 Å². The lowest BCUT2D eigenvalue weighted by molar-refractivity contribution is 0.0230. The molecular weight excluding hydrogens is 362 g/mol. The average molecular weight is 392 g/mol. The third-order valence-electron chi connectivity index (χ3n) is 3.72. The Balaban J connectivity index is 1.93. The van der Waals surface area contributed by atoms with Gasteiger partial charge in [-0.1, -0.05) is 6.07 Å². The summed E-state index contributed by atoms with van der Waals surface area (Å²) in [5, 5.41) is 11.3. The van der Waals surface area contributed by atoms with Crippen molar-refractivity contribution in [1.82, 2.24) is 14.6 Å². The van der Waals surface area contributed by atoms with E-state index in [4.69, 9.17) is 9.84 Å². The highest BCUT2D eigenvalue weighted by atomic mass is 32.2. The number of aliphatic hydroxyl groups excluding tert-OH is 1. The van der Waals surface area contributed by atoms with Crippen LogP contribution in [0.1, 0.15) is 34.1 Å². The standard InChI is InChI=1S/C20H29N3O3S/c1-15(14-23(10-5-11-24)19(25)26-20(2,3)4)22-27-18-7-6-17-13-21-9-8-16(17)12-18/h6-9,12-13,15,22,24H,5,10-11,14H2,1-4H3/t15-/m0/s1. The minimum Gasteiger partial charge on any atom is -0.444 e. The van der Waals surface area contributed by atoms with Crippen LogP contribution < -0.4 is 4.72 Å². The Labute approximate surface area is 165 Å². The van der Waals surface area contributed by atoms with Crippen molar-refractivity contribution in [2.24, 2.45) is 0 Å². The Bertz CT molecular complexity index is 749. The van der Waals surface area contributed by atoms with E-state index in [0.717, 1.165) is 15.7 Å². The number of aromatic nitrogens is 1. The normalized spacial score (nSPS) is 12.8. The predicted octanol–water partition coefficient (Wildman–Crippen LogP) is 3.84. The minimum absolute atomic E-state index is 0.0435. The van der Waals surface area contributed by atoms with Gasteiger partial charge in [-0.05, 0) is 69.6 Å². The molecule has 0 spiro atoms. The fourth-order valence-corrected chi connectivity index (χ4v) is 3.24. The molecule has 1 aromatic carbocycles. The zero-order valence-electron chi connectivity index (χ0n) is 16.4. The van der Waals surface area contributed by atoms with Gasteiger partial charge in [0.1, 0.15) is 5.60 Å². The Morgan fingerprint density at radius 3 is 2.81 bits per heavy atom. The van der Waals surface area contributed by atoms with E-state index in [1.54, 1.807) is 11.1 Å². The molecule has 0 saturated heterocycles. The summed E-state index contributed by atoms with van der Waals surface area (Å²) in [7, 11) is 0. The van der Waals surface area contributed by atoms with Crippen molar-refractivity contribution in [2.75, 3.05) is 19.7 Å². The lowest BCUT2D eigenvalue weighted by Gasteiger charge is -2.29. The first kappa shape index (κ1) is 21.5. The van der Waals surface area contributed by atoms with Gasteiger partial charge in [-0.25, -0.2) is 4.79 Å². The molecule has 0 radical (unpaired) electrons. The monoisotopic (exact) mass is 391 g/mol. The van der Waals surface area contributed by atoms with Crippen molar-refractivity contribution >= 4 is 28.8 Å². The number of rotatable bonds is 8. The van der Waals surface area contributed by atoms with E-state index in [0.29, 0.717) is 19.5 Å². The van der Waals surface area contributed by atoms with E-state index >= 15 is 0 Å². The molecule has 2 aromatic rings. The Morgan fingerprint density at radius 1 is 1.33 bits per heavy atom. The van der Waals surface area contributed by atoms with Crippen LogP contribution in [-0.4, -0.2) is 52.4 Å². The average Bonchev–Trinajstić information content (AvgIpc) is 2.61. The molecule has 27 heavy (non-hydrogen) atoms. The largest absolute Gasteiger partial charge is 0.444 e. The smallest absolute Gasteiger partial charge is 0.410 e. The number of ether oxygens (including phenoxy) is 1. The van der Waals surface area contributed by atoms with E-state index in [2.05, 4.69) is 15.8 Å². The molecule has 7 heteroatoms. The van der Waals surface area contributed by atoms with E-state index < -0.39 is 5.60 Å². The zero-order valence-corrected chi connectivity index (χ0v) is 17.3. The Kier molecular flexibility index (Phi) is 7.89. The number of fused-ring (bicyclic) bond motifs is 1. The van der Waals surface area contributed by atoms with E-state index in [1.165, 1.54) is 11.9 Å². The molecule has 1 amide bonds. The summed E-state index contributed by atoms with van der Waals surface area (Å²) >= 11 is 1.54. The first-order valence-corrected chi connectivity index (χ1v) is 9.95. The topological polar surface area (TPSA) is 74.7 Å². The number of amides is 1. The Hall–Kier alpha value is -1.83. The number of carbonyl (C=O) groups excluding carboxylic acids is 1. The molecule has 0 fully saturated rings. The van der Waals surface area contributed by atoms with Crippen LogP contribution >= 0.6 is 11.9 Å². The molecule has 1 aromatic heterocycles. The highest BCUT2D eigenvalue weighted by Gasteiger charge is 2.23. The lowest BCUT2D eigenvalue weighted by Crippen LogP contribution is -2.43. The van der Waals surface area contributed by atoms with E-state index in [1.807, 2.05) is 52.1 Å². The molecule has 0 aliphatic carbocycles. The number of benzene rings is 1. The number of carbonyl (C=O) groups is 1.